The Morgan fingerprint density at radius 3 is 2.80 bits per heavy atom. The number of nitrogens with one attached hydrogen (secondary N) is 1. The molecule has 1 aromatic rings. The molecule has 2 aliphatic rings. The van der Waals surface area contributed by atoms with E-state index in [0.29, 0.717) is 12.0 Å². The maximum absolute atomic E-state index is 12.5. The third-order valence-electron chi connectivity index (χ3n) is 4.41. The minimum atomic E-state index is -0.103. The Hall–Kier alpha value is -1.65. The summed E-state index contributed by atoms with van der Waals surface area (Å²) in [6.45, 7) is 3.12. The number of anilines is 1. The first-order valence-corrected chi connectivity index (χ1v) is 7.58. The smallest absolute Gasteiger partial charge is 0.243 e. The predicted molar refractivity (Wildman–Crippen MR) is 77.3 cm³/mol. The van der Waals surface area contributed by atoms with Crippen molar-refractivity contribution < 1.29 is 4.79 Å². The molecule has 0 aromatic carbocycles. The first-order chi connectivity index (χ1) is 9.74. The van der Waals surface area contributed by atoms with E-state index in [1.165, 1.54) is 6.42 Å². The van der Waals surface area contributed by atoms with E-state index in [2.05, 4.69) is 22.2 Å². The van der Waals surface area contributed by atoms with Crippen molar-refractivity contribution >= 4 is 11.9 Å². The van der Waals surface area contributed by atoms with Crippen LogP contribution in [0.15, 0.2) is 18.5 Å². The van der Waals surface area contributed by atoms with Crippen LogP contribution in [0, 0.1) is 5.92 Å². The summed E-state index contributed by atoms with van der Waals surface area (Å²) in [6.07, 6.45) is 8.83. The van der Waals surface area contributed by atoms with Gasteiger partial charge in [-0.25, -0.2) is 9.97 Å². The summed E-state index contributed by atoms with van der Waals surface area (Å²) in [5.74, 6) is 1.55. The van der Waals surface area contributed by atoms with Gasteiger partial charge in [0.2, 0.25) is 11.9 Å². The lowest BCUT2D eigenvalue weighted by molar-refractivity contribution is -0.122. The zero-order valence-corrected chi connectivity index (χ0v) is 12.0. The van der Waals surface area contributed by atoms with Crippen molar-refractivity contribution in [3.63, 3.8) is 0 Å². The van der Waals surface area contributed by atoms with Crippen LogP contribution in [0.3, 0.4) is 0 Å². The fourth-order valence-electron chi connectivity index (χ4n) is 3.35. The van der Waals surface area contributed by atoms with Gasteiger partial charge in [0.1, 0.15) is 6.04 Å². The normalized spacial score (nSPS) is 29.6. The van der Waals surface area contributed by atoms with E-state index in [4.69, 9.17) is 0 Å². The molecule has 0 spiro atoms. The highest BCUT2D eigenvalue weighted by molar-refractivity contribution is 5.85. The molecule has 3 unspecified atom stereocenters. The topological polar surface area (TPSA) is 58.1 Å². The van der Waals surface area contributed by atoms with Crippen LogP contribution in [0.4, 0.5) is 5.95 Å². The summed E-state index contributed by atoms with van der Waals surface area (Å²) in [4.78, 5) is 23.1. The van der Waals surface area contributed by atoms with Crippen LogP contribution in [-0.4, -0.2) is 34.5 Å². The van der Waals surface area contributed by atoms with E-state index in [1.54, 1.807) is 18.5 Å². The number of hydrogen-bond donors (Lipinski definition) is 1. The molecule has 1 N–H and O–H groups in total. The summed E-state index contributed by atoms with van der Waals surface area (Å²) in [7, 11) is 0. The average molecular weight is 274 g/mol. The Morgan fingerprint density at radius 2 is 2.10 bits per heavy atom. The Bertz CT molecular complexity index is 464. The van der Waals surface area contributed by atoms with Gasteiger partial charge in [-0.3, -0.25) is 4.79 Å². The summed E-state index contributed by atoms with van der Waals surface area (Å²) < 4.78 is 0. The lowest BCUT2D eigenvalue weighted by Crippen LogP contribution is -2.47. The van der Waals surface area contributed by atoms with E-state index in [-0.39, 0.29) is 11.9 Å². The van der Waals surface area contributed by atoms with Gasteiger partial charge in [-0.1, -0.05) is 6.92 Å². The summed E-state index contributed by atoms with van der Waals surface area (Å²) >= 11 is 0. The number of rotatable bonds is 3. The first-order valence-electron chi connectivity index (χ1n) is 7.58. The lowest BCUT2D eigenvalue weighted by Gasteiger charge is -2.25. The Balaban J connectivity index is 1.64. The number of aromatic nitrogens is 2. The molecule has 108 valence electrons. The van der Waals surface area contributed by atoms with Crippen molar-refractivity contribution in [2.75, 3.05) is 11.4 Å². The van der Waals surface area contributed by atoms with Gasteiger partial charge < -0.3 is 10.2 Å². The molecule has 1 aliphatic carbocycles. The molecule has 1 amide bonds. The second-order valence-corrected chi connectivity index (χ2v) is 6.02. The maximum atomic E-state index is 12.5. The van der Waals surface area contributed by atoms with E-state index < -0.39 is 0 Å². The molecule has 5 heteroatoms. The number of carbonyl (C=O) groups excluding carboxylic acids is 1. The highest BCUT2D eigenvalue weighted by atomic mass is 16.2. The standard InChI is InChI=1S/C15H22N4O/c1-11-5-6-12(10-11)18-14(20)13-4-2-9-19(13)15-16-7-3-8-17-15/h3,7-8,11-13H,2,4-6,9-10H2,1H3,(H,18,20). The Kier molecular flexibility index (Phi) is 3.85. The van der Waals surface area contributed by atoms with Gasteiger partial charge in [-0.2, -0.15) is 0 Å². The molecule has 1 saturated heterocycles. The first kappa shape index (κ1) is 13.3. The summed E-state index contributed by atoms with van der Waals surface area (Å²) in [5.41, 5.74) is 0. The Morgan fingerprint density at radius 1 is 1.30 bits per heavy atom. The van der Waals surface area contributed by atoms with Crippen LogP contribution in [0.25, 0.3) is 0 Å². The van der Waals surface area contributed by atoms with Crippen molar-refractivity contribution in [2.45, 2.75) is 51.1 Å². The van der Waals surface area contributed by atoms with E-state index in [9.17, 15) is 4.79 Å². The van der Waals surface area contributed by atoms with Crippen molar-refractivity contribution in [3.8, 4) is 0 Å². The minimum Gasteiger partial charge on any atom is -0.352 e. The fraction of sp³-hybridized carbons (Fsp3) is 0.667. The number of nitrogens with zero attached hydrogens (tertiary/aromatic N) is 3. The lowest BCUT2D eigenvalue weighted by atomic mass is 10.1. The van der Waals surface area contributed by atoms with Crippen molar-refractivity contribution in [1.29, 1.82) is 0 Å². The van der Waals surface area contributed by atoms with Gasteiger partial charge in [0.15, 0.2) is 0 Å². The van der Waals surface area contributed by atoms with Gasteiger partial charge in [0.25, 0.3) is 0 Å². The summed E-state index contributed by atoms with van der Waals surface area (Å²) in [6, 6.07) is 2.05. The van der Waals surface area contributed by atoms with Crippen LogP contribution in [0.5, 0.6) is 0 Å². The summed E-state index contributed by atoms with van der Waals surface area (Å²) in [5, 5.41) is 3.21. The zero-order valence-electron chi connectivity index (χ0n) is 12.0. The van der Waals surface area contributed by atoms with Gasteiger partial charge >= 0.3 is 0 Å². The van der Waals surface area contributed by atoms with Crippen LogP contribution in [-0.2, 0) is 4.79 Å². The van der Waals surface area contributed by atoms with Crippen molar-refractivity contribution in [2.24, 2.45) is 5.92 Å². The number of carbonyl (C=O) groups is 1. The predicted octanol–water partition coefficient (Wildman–Crippen LogP) is 1.75. The van der Waals surface area contributed by atoms with Crippen LogP contribution in [0.1, 0.15) is 39.0 Å². The second kappa shape index (κ2) is 5.77. The maximum Gasteiger partial charge on any atom is 0.243 e. The molecule has 3 rings (SSSR count). The van der Waals surface area contributed by atoms with Gasteiger partial charge in [-0.05, 0) is 44.1 Å². The molecule has 3 atom stereocenters. The highest BCUT2D eigenvalue weighted by Gasteiger charge is 2.34. The van der Waals surface area contributed by atoms with Gasteiger partial charge in [0, 0.05) is 25.0 Å². The molecule has 1 aromatic heterocycles. The Labute approximate surface area is 119 Å². The SMILES string of the molecule is CC1CCC(NC(=O)C2CCCN2c2ncccn2)C1. The van der Waals surface area contributed by atoms with Crippen LogP contribution < -0.4 is 10.2 Å². The molecule has 20 heavy (non-hydrogen) atoms. The average Bonchev–Trinajstić information content (AvgIpc) is 3.09. The molecule has 2 heterocycles. The minimum absolute atomic E-state index is 0.103. The molecule has 2 fully saturated rings. The third kappa shape index (κ3) is 2.76. The molecule has 0 radical (unpaired) electrons. The molecule has 1 aliphatic heterocycles. The molecule has 0 bridgehead atoms. The second-order valence-electron chi connectivity index (χ2n) is 6.02. The number of hydrogen-bond acceptors (Lipinski definition) is 4. The van der Waals surface area contributed by atoms with Crippen LogP contribution in [0.2, 0.25) is 0 Å². The molecule has 5 nitrogen and oxygen atoms in total. The van der Waals surface area contributed by atoms with E-state index >= 15 is 0 Å². The third-order valence-corrected chi connectivity index (χ3v) is 4.41. The van der Waals surface area contributed by atoms with Gasteiger partial charge in [0.05, 0.1) is 0 Å². The monoisotopic (exact) mass is 274 g/mol. The zero-order chi connectivity index (χ0) is 13.9. The van der Waals surface area contributed by atoms with E-state index in [0.717, 1.165) is 38.1 Å². The van der Waals surface area contributed by atoms with E-state index in [1.807, 2.05) is 4.90 Å². The number of amides is 1. The van der Waals surface area contributed by atoms with Crippen molar-refractivity contribution in [1.82, 2.24) is 15.3 Å². The fourth-order valence-corrected chi connectivity index (χ4v) is 3.35. The largest absolute Gasteiger partial charge is 0.352 e. The molecular weight excluding hydrogens is 252 g/mol. The van der Waals surface area contributed by atoms with Crippen LogP contribution >= 0.6 is 0 Å². The van der Waals surface area contributed by atoms with Crippen molar-refractivity contribution in [3.05, 3.63) is 18.5 Å². The molecule has 1 saturated carbocycles. The highest BCUT2D eigenvalue weighted by Crippen LogP contribution is 2.26. The quantitative estimate of drug-likeness (QED) is 0.912. The van der Waals surface area contributed by atoms with Gasteiger partial charge in [-0.15, -0.1) is 0 Å². The molecular formula is C15H22N4O.